The van der Waals surface area contributed by atoms with Gasteiger partial charge in [-0.2, -0.15) is 0 Å². The van der Waals surface area contributed by atoms with Gasteiger partial charge in [0.25, 0.3) is 0 Å². The molecule has 12 rings (SSSR count). The van der Waals surface area contributed by atoms with Crippen molar-refractivity contribution in [2.24, 2.45) is 0 Å². The Morgan fingerprint density at radius 2 is 0.957 bits per heavy atom. The number of benzene rings is 4. The molecule has 27 heteroatoms. The summed E-state index contributed by atoms with van der Waals surface area (Å²) < 4.78 is 100. The lowest BCUT2D eigenvalue weighted by Gasteiger charge is -2.13. The van der Waals surface area contributed by atoms with Gasteiger partial charge < -0.3 is 32.8 Å². The molecule has 0 radical (unpaired) electrons. The first kappa shape index (κ1) is 62.8. The molecule has 0 fully saturated rings. The van der Waals surface area contributed by atoms with Crippen LogP contribution in [-0.2, 0) is 53.4 Å². The maximum Gasteiger partial charge on any atom is 0.346 e. The molecule has 12 aromatic rings. The minimum absolute atomic E-state index is 0.00326. The summed E-state index contributed by atoms with van der Waals surface area (Å²) in [5.41, 5.74) is 2.82. The largest absolute Gasteiger partial charge is 0.473 e. The van der Waals surface area contributed by atoms with Crippen molar-refractivity contribution in [3.8, 4) is 45.9 Å². The van der Waals surface area contributed by atoms with Gasteiger partial charge in [-0.3, -0.25) is 0 Å². The van der Waals surface area contributed by atoms with Crippen molar-refractivity contribution >= 4 is 57.2 Å². The minimum atomic E-state index is -0.982. The number of pyridine rings is 4. The molecule has 0 N–H and O–H groups in total. The van der Waals surface area contributed by atoms with Gasteiger partial charge in [-0.15, -0.1) is 10.2 Å². The van der Waals surface area contributed by atoms with Crippen molar-refractivity contribution in [2.75, 3.05) is 13.2 Å². The summed E-state index contributed by atoms with van der Waals surface area (Å²) in [6, 6.07) is 26.0. The summed E-state index contributed by atoms with van der Waals surface area (Å²) in [6.07, 6.45) is 8.72. The van der Waals surface area contributed by atoms with E-state index in [1.54, 1.807) is 70.1 Å². The van der Waals surface area contributed by atoms with Crippen LogP contribution >= 0.6 is 23.2 Å². The number of imidazole rings is 2. The van der Waals surface area contributed by atoms with Gasteiger partial charge in [0, 0.05) is 84.8 Å². The third-order valence-corrected chi connectivity index (χ3v) is 15.4. The monoisotopic (exact) mass is 1300 g/mol. The first-order valence-electron chi connectivity index (χ1n) is 29.1. The normalized spacial score (nSPS) is 11.6. The molecule has 8 aromatic heterocycles. The average molecular weight is 1300 g/mol. The van der Waals surface area contributed by atoms with Gasteiger partial charge in [-0.05, 0) is 112 Å². The Labute approximate surface area is 537 Å². The number of rotatable bonds is 24. The molecule has 0 amide bonds. The standard InChI is InChI=1S/C66H54Cl2F4N14O7/c1-37(2)89-21-19-83-57-25-39(11-13-55(57)77-61(83)27-41-23-51(71)45(29-49(41)69)53-7-5-9-63(79-53)91-35-43-33-73-59(31-47(43)67)85-17-15-75-81-85)65(87)93-66(88)40-12-14-56-58(26-40)84(20-22-90-38(3)4)62(78-56)28-42-24-52(72)46(30-50(42)70)54-8-6-10-64(80-54)92-36-44-34-74-60(32-48(44)68)86-18-16-76-82-86/h5-18,23-26,29-34,37-38H,19-22,27-28,35-36H2,1-4H3. The van der Waals surface area contributed by atoms with E-state index in [0.717, 1.165) is 24.3 Å². The van der Waals surface area contributed by atoms with E-state index >= 15 is 17.6 Å². The molecule has 0 saturated heterocycles. The quantitative estimate of drug-likeness (QED) is 0.0311. The highest BCUT2D eigenvalue weighted by atomic mass is 35.5. The molecule has 4 aromatic carbocycles. The molecule has 21 nitrogen and oxygen atoms in total. The number of esters is 2. The van der Waals surface area contributed by atoms with Crippen LogP contribution in [0.15, 0.2) is 146 Å². The first-order valence-corrected chi connectivity index (χ1v) is 29.9. The molecular weight excluding hydrogens is 1250 g/mol. The smallest absolute Gasteiger partial charge is 0.346 e. The number of aromatic nitrogens is 14. The van der Waals surface area contributed by atoms with Crippen molar-refractivity contribution < 1.29 is 50.8 Å². The maximum absolute atomic E-state index is 16.2. The van der Waals surface area contributed by atoms with Crippen LogP contribution in [0.25, 0.3) is 56.2 Å². The van der Waals surface area contributed by atoms with Gasteiger partial charge >= 0.3 is 11.9 Å². The van der Waals surface area contributed by atoms with Gasteiger partial charge in [0.15, 0.2) is 11.6 Å². The summed E-state index contributed by atoms with van der Waals surface area (Å²) in [7, 11) is 0. The number of ether oxygens (including phenoxy) is 5. The van der Waals surface area contributed by atoms with E-state index in [4.69, 9.17) is 56.9 Å². The first-order chi connectivity index (χ1) is 45.0. The van der Waals surface area contributed by atoms with E-state index in [9.17, 15) is 9.59 Å². The van der Waals surface area contributed by atoms with E-state index < -0.39 is 35.2 Å². The lowest BCUT2D eigenvalue weighted by atomic mass is 10.0. The lowest BCUT2D eigenvalue weighted by molar-refractivity contribution is 0.0397. The molecule has 8 heterocycles. The Bertz CT molecular complexity index is 4450. The molecule has 0 aliphatic rings. The molecule has 472 valence electrons. The van der Waals surface area contributed by atoms with Crippen molar-refractivity contribution in [2.45, 2.75) is 79.0 Å². The van der Waals surface area contributed by atoms with Gasteiger partial charge in [0.1, 0.15) is 48.1 Å². The zero-order valence-corrected chi connectivity index (χ0v) is 51.6. The zero-order valence-electron chi connectivity index (χ0n) is 50.1. The third-order valence-electron chi connectivity index (χ3n) is 14.7. The second-order valence-corrected chi connectivity index (χ2v) is 22.6. The van der Waals surface area contributed by atoms with Crippen molar-refractivity contribution in [3.05, 3.63) is 225 Å². The highest BCUT2D eigenvalue weighted by Crippen LogP contribution is 2.32. The number of halogens is 6. The van der Waals surface area contributed by atoms with Crippen LogP contribution in [0.4, 0.5) is 17.6 Å². The number of nitrogens with zero attached hydrogens (tertiary/aromatic N) is 14. The van der Waals surface area contributed by atoms with Crippen LogP contribution in [0, 0.1) is 23.3 Å². The summed E-state index contributed by atoms with van der Waals surface area (Å²) in [4.78, 5) is 55.0. The van der Waals surface area contributed by atoms with E-state index in [0.29, 0.717) is 66.5 Å². The second-order valence-electron chi connectivity index (χ2n) is 21.7. The number of hydrogen-bond acceptors (Lipinski definition) is 17. The van der Waals surface area contributed by atoms with Crippen LogP contribution in [0.5, 0.6) is 11.8 Å². The fourth-order valence-electron chi connectivity index (χ4n) is 10.1. The van der Waals surface area contributed by atoms with Crippen LogP contribution in [0.2, 0.25) is 10.0 Å². The zero-order chi connectivity index (χ0) is 64.9. The molecule has 0 aliphatic heterocycles. The number of carbonyl (C=O) groups is 2. The Morgan fingerprint density at radius 3 is 1.35 bits per heavy atom. The van der Waals surface area contributed by atoms with Crippen LogP contribution in [0.1, 0.15) is 82.3 Å². The Balaban J connectivity index is 0.740. The van der Waals surface area contributed by atoms with Crippen molar-refractivity contribution in [1.82, 2.24) is 69.0 Å². The summed E-state index contributed by atoms with van der Waals surface area (Å²) in [5.74, 6) is -3.07. The summed E-state index contributed by atoms with van der Waals surface area (Å²) in [6.45, 7) is 8.27. The third kappa shape index (κ3) is 14.4. The summed E-state index contributed by atoms with van der Waals surface area (Å²) >= 11 is 13.0. The predicted molar refractivity (Wildman–Crippen MR) is 333 cm³/mol. The highest BCUT2D eigenvalue weighted by Gasteiger charge is 2.24. The average Bonchev–Trinajstić information content (AvgIpc) is 1.67. The van der Waals surface area contributed by atoms with E-state index in [2.05, 4.69) is 40.6 Å². The van der Waals surface area contributed by atoms with Gasteiger partial charge in [-0.25, -0.2) is 66.4 Å². The van der Waals surface area contributed by atoms with Gasteiger partial charge in [-0.1, -0.05) is 45.8 Å². The minimum Gasteiger partial charge on any atom is -0.473 e. The van der Waals surface area contributed by atoms with Gasteiger partial charge in [0.05, 0.1) is 105 Å². The maximum atomic E-state index is 16.2. The Kier molecular flexibility index (Phi) is 18.7. The number of hydrogen-bond donors (Lipinski definition) is 0. The Morgan fingerprint density at radius 1 is 0.516 bits per heavy atom. The molecule has 0 bridgehead atoms. The molecule has 0 aliphatic carbocycles. The topological polar surface area (TPSA) is 229 Å². The van der Waals surface area contributed by atoms with Crippen LogP contribution in [-0.4, -0.2) is 106 Å². The van der Waals surface area contributed by atoms with Gasteiger partial charge in [0.2, 0.25) is 11.8 Å². The molecule has 0 atom stereocenters. The van der Waals surface area contributed by atoms with E-state index in [-0.39, 0.29) is 121 Å². The van der Waals surface area contributed by atoms with Crippen LogP contribution < -0.4 is 9.47 Å². The van der Waals surface area contributed by atoms with Crippen molar-refractivity contribution in [1.29, 1.82) is 0 Å². The predicted octanol–water partition coefficient (Wildman–Crippen LogP) is 12.5. The molecule has 0 saturated carbocycles. The fourth-order valence-corrected chi connectivity index (χ4v) is 10.5. The summed E-state index contributed by atoms with van der Waals surface area (Å²) in [5, 5.41) is 16.1. The fraction of sp³-hybridized carbons (Fsp3) is 0.212. The van der Waals surface area contributed by atoms with E-state index in [1.165, 1.54) is 70.5 Å². The SMILES string of the molecule is CC(C)OCCn1c(Cc2cc(F)c(-c3cccc(OCc4cnc(-n5ccnn5)cc4Cl)n3)cc2F)nc2ccc(C(=O)OC(=O)c3ccc4nc(Cc5cc(F)c(-c6cccc(OCc7cnc(-n8ccnn8)cc7Cl)n6)cc5F)n(CCOC(C)C)c4c3)cc21. The highest BCUT2D eigenvalue weighted by molar-refractivity contribution is 6.31. The molecule has 0 unspecified atom stereocenters. The Hall–Kier alpha value is -10.3. The second kappa shape index (κ2) is 27.6. The number of carbonyl (C=O) groups excluding carboxylic acids is 2. The van der Waals surface area contributed by atoms with Crippen LogP contribution in [0.3, 0.4) is 0 Å². The molecule has 93 heavy (non-hydrogen) atoms. The lowest BCUT2D eigenvalue weighted by Crippen LogP contribution is -2.15. The molecule has 0 spiro atoms. The van der Waals surface area contributed by atoms with E-state index in [1.807, 2.05) is 27.7 Å². The molecular formula is C66H54Cl2F4N14O7. The number of fused-ring (bicyclic) bond motifs is 2. The van der Waals surface area contributed by atoms with Crippen molar-refractivity contribution in [3.63, 3.8) is 0 Å².